The molecule has 1 aliphatic heterocycles. The summed E-state index contributed by atoms with van der Waals surface area (Å²) in [5.74, 6) is -0.529. The molecule has 1 heterocycles. The predicted molar refractivity (Wildman–Crippen MR) is 89.5 cm³/mol. The van der Waals surface area contributed by atoms with Crippen LogP contribution < -0.4 is 0 Å². The van der Waals surface area contributed by atoms with E-state index in [9.17, 15) is 9.90 Å². The molecule has 0 amide bonds. The van der Waals surface area contributed by atoms with Gasteiger partial charge in [0.15, 0.2) is 0 Å². The highest BCUT2D eigenvalue weighted by molar-refractivity contribution is 5.85. The third-order valence-electron chi connectivity index (χ3n) is 4.33. The van der Waals surface area contributed by atoms with Gasteiger partial charge in [0.05, 0.1) is 0 Å². The van der Waals surface area contributed by atoms with Crippen LogP contribution in [0.1, 0.15) is 29.5 Å². The first-order chi connectivity index (χ1) is 10.2. The number of carboxylic acid groups (broad SMARTS) is 1. The van der Waals surface area contributed by atoms with Gasteiger partial charge in [-0.3, -0.25) is 9.69 Å². The second-order valence-electron chi connectivity index (χ2n) is 5.61. The molecule has 1 aliphatic rings. The number of hydrogen-bond donors (Lipinski definition) is 1. The number of carboxylic acids is 1. The Hall–Kier alpha value is -1.84. The molecule has 2 unspecified atom stereocenters. The molecule has 0 aliphatic carbocycles. The molecule has 22 heavy (non-hydrogen) atoms. The number of carbonyl (C=O) groups is 1. The van der Waals surface area contributed by atoms with Gasteiger partial charge in [-0.2, -0.15) is 0 Å². The van der Waals surface area contributed by atoms with E-state index >= 15 is 0 Å². The van der Waals surface area contributed by atoms with Crippen molar-refractivity contribution in [2.24, 2.45) is 0 Å². The van der Waals surface area contributed by atoms with Gasteiger partial charge < -0.3 is 5.11 Å². The maximum absolute atomic E-state index is 11.3. The van der Waals surface area contributed by atoms with Gasteiger partial charge in [-0.15, -0.1) is 12.4 Å². The molecule has 0 saturated carbocycles. The number of aliphatic carboxylic acids is 1. The van der Waals surface area contributed by atoms with Gasteiger partial charge >= 0.3 is 5.97 Å². The summed E-state index contributed by atoms with van der Waals surface area (Å²) in [6.45, 7) is 3.21. The van der Waals surface area contributed by atoms with Crippen LogP contribution in [-0.4, -0.2) is 28.6 Å². The lowest BCUT2D eigenvalue weighted by Gasteiger charge is -2.37. The van der Waals surface area contributed by atoms with Crippen LogP contribution in [0.4, 0.5) is 0 Å². The lowest BCUT2D eigenvalue weighted by molar-refractivity contribution is -0.143. The summed E-state index contributed by atoms with van der Waals surface area (Å²) < 4.78 is 0. The fourth-order valence-electron chi connectivity index (χ4n) is 3.06. The van der Waals surface area contributed by atoms with E-state index in [-0.39, 0.29) is 18.3 Å². The van der Waals surface area contributed by atoms with Crippen molar-refractivity contribution in [2.45, 2.75) is 25.4 Å². The minimum atomic E-state index is -0.763. The topological polar surface area (TPSA) is 40.5 Å². The van der Waals surface area contributed by atoms with Crippen LogP contribution in [0.5, 0.6) is 0 Å². The monoisotopic (exact) mass is 317 g/mol. The van der Waals surface area contributed by atoms with Gasteiger partial charge in [0, 0.05) is 19.0 Å². The molecule has 2 aromatic rings. The van der Waals surface area contributed by atoms with E-state index in [0.29, 0.717) is 6.54 Å². The minimum absolute atomic E-state index is 0. The average molecular weight is 318 g/mol. The van der Waals surface area contributed by atoms with E-state index in [2.05, 4.69) is 30.3 Å². The molecule has 2 atom stereocenters. The Bertz CT molecular complexity index is 645. The molecule has 1 N–H and O–H groups in total. The molecule has 4 heteroatoms. The standard InChI is InChI=1S/C18H19NO2.ClH/c1-13(18(20)21)19-11-15-9-5-6-10-16(15)17(12-19)14-7-3-2-4-8-14;/h2-10,13,17H,11-12H2,1H3,(H,20,21);1H. The molecule has 3 nitrogen and oxygen atoms in total. The Balaban J connectivity index is 0.00000176. The molecule has 0 saturated heterocycles. The smallest absolute Gasteiger partial charge is 0.320 e. The number of halogens is 1. The zero-order valence-electron chi connectivity index (χ0n) is 12.5. The lowest BCUT2D eigenvalue weighted by Crippen LogP contribution is -2.43. The van der Waals surface area contributed by atoms with Crippen LogP contribution in [0.2, 0.25) is 0 Å². The Kier molecular flexibility index (Phi) is 5.22. The molecular formula is C18H20ClNO2. The zero-order chi connectivity index (χ0) is 14.8. The zero-order valence-corrected chi connectivity index (χ0v) is 13.3. The second-order valence-corrected chi connectivity index (χ2v) is 5.61. The highest BCUT2D eigenvalue weighted by atomic mass is 35.5. The quantitative estimate of drug-likeness (QED) is 0.941. The van der Waals surface area contributed by atoms with E-state index in [1.807, 2.05) is 29.2 Å². The summed E-state index contributed by atoms with van der Waals surface area (Å²) in [6.07, 6.45) is 0. The van der Waals surface area contributed by atoms with Crippen LogP contribution in [0.15, 0.2) is 54.6 Å². The molecule has 0 fully saturated rings. The van der Waals surface area contributed by atoms with E-state index in [1.54, 1.807) is 6.92 Å². The maximum atomic E-state index is 11.3. The Labute approximate surface area is 137 Å². The van der Waals surface area contributed by atoms with Gasteiger partial charge in [-0.25, -0.2) is 0 Å². The first-order valence-electron chi connectivity index (χ1n) is 7.26. The number of fused-ring (bicyclic) bond motifs is 1. The third kappa shape index (κ3) is 3.16. The van der Waals surface area contributed by atoms with Crippen molar-refractivity contribution in [1.82, 2.24) is 4.90 Å². The van der Waals surface area contributed by atoms with E-state index < -0.39 is 12.0 Å². The number of nitrogens with zero attached hydrogens (tertiary/aromatic N) is 1. The van der Waals surface area contributed by atoms with Crippen molar-refractivity contribution in [2.75, 3.05) is 6.54 Å². The van der Waals surface area contributed by atoms with E-state index in [4.69, 9.17) is 0 Å². The van der Waals surface area contributed by atoms with E-state index in [0.717, 1.165) is 6.54 Å². The van der Waals surface area contributed by atoms with Gasteiger partial charge in [-0.1, -0.05) is 54.6 Å². The van der Waals surface area contributed by atoms with Crippen LogP contribution in [0, 0.1) is 0 Å². The number of rotatable bonds is 3. The summed E-state index contributed by atoms with van der Waals surface area (Å²) in [6, 6.07) is 18.2. The summed E-state index contributed by atoms with van der Waals surface area (Å²) in [5, 5.41) is 9.30. The predicted octanol–water partition coefficient (Wildman–Crippen LogP) is 3.53. The molecule has 0 bridgehead atoms. The maximum Gasteiger partial charge on any atom is 0.320 e. The molecule has 0 aromatic heterocycles. The van der Waals surface area contributed by atoms with Crippen molar-refractivity contribution >= 4 is 18.4 Å². The second kappa shape index (κ2) is 6.95. The molecular weight excluding hydrogens is 298 g/mol. The van der Waals surface area contributed by atoms with Crippen LogP contribution in [0.25, 0.3) is 0 Å². The highest BCUT2D eigenvalue weighted by Crippen LogP contribution is 2.34. The Morgan fingerprint density at radius 2 is 1.77 bits per heavy atom. The van der Waals surface area contributed by atoms with Crippen LogP contribution in [0.3, 0.4) is 0 Å². The fourth-order valence-corrected chi connectivity index (χ4v) is 3.06. The summed E-state index contributed by atoms with van der Waals surface area (Å²) >= 11 is 0. The van der Waals surface area contributed by atoms with Crippen LogP contribution >= 0.6 is 12.4 Å². The largest absolute Gasteiger partial charge is 0.480 e. The number of hydrogen-bond acceptors (Lipinski definition) is 2. The highest BCUT2D eigenvalue weighted by Gasteiger charge is 2.31. The van der Waals surface area contributed by atoms with Crippen LogP contribution in [-0.2, 0) is 11.3 Å². The third-order valence-corrected chi connectivity index (χ3v) is 4.33. The SMILES string of the molecule is CC(C(=O)O)N1Cc2ccccc2C(c2ccccc2)C1.Cl. The van der Waals surface area contributed by atoms with Crippen molar-refractivity contribution in [3.63, 3.8) is 0 Å². The number of benzene rings is 2. The normalized spacial score (nSPS) is 18.9. The van der Waals surface area contributed by atoms with Crippen molar-refractivity contribution in [3.05, 3.63) is 71.3 Å². The first kappa shape index (κ1) is 16.5. The van der Waals surface area contributed by atoms with Crippen molar-refractivity contribution in [1.29, 1.82) is 0 Å². The van der Waals surface area contributed by atoms with E-state index in [1.165, 1.54) is 16.7 Å². The Morgan fingerprint density at radius 3 is 2.45 bits per heavy atom. The first-order valence-corrected chi connectivity index (χ1v) is 7.26. The fraction of sp³-hybridized carbons (Fsp3) is 0.278. The molecule has 3 rings (SSSR count). The summed E-state index contributed by atoms with van der Waals surface area (Å²) in [7, 11) is 0. The average Bonchev–Trinajstić information content (AvgIpc) is 2.53. The lowest BCUT2D eigenvalue weighted by atomic mass is 9.84. The Morgan fingerprint density at radius 1 is 1.14 bits per heavy atom. The molecule has 116 valence electrons. The van der Waals surface area contributed by atoms with Gasteiger partial charge in [0.2, 0.25) is 0 Å². The molecule has 2 aromatic carbocycles. The van der Waals surface area contributed by atoms with Gasteiger partial charge in [0.1, 0.15) is 6.04 Å². The molecule has 0 radical (unpaired) electrons. The van der Waals surface area contributed by atoms with Crippen molar-refractivity contribution < 1.29 is 9.90 Å². The van der Waals surface area contributed by atoms with Gasteiger partial charge in [-0.05, 0) is 23.6 Å². The van der Waals surface area contributed by atoms with Crippen molar-refractivity contribution in [3.8, 4) is 0 Å². The summed E-state index contributed by atoms with van der Waals surface area (Å²) in [5.41, 5.74) is 3.79. The van der Waals surface area contributed by atoms with Gasteiger partial charge in [0.25, 0.3) is 0 Å². The summed E-state index contributed by atoms with van der Waals surface area (Å²) in [4.78, 5) is 13.4. The molecule has 0 spiro atoms. The minimum Gasteiger partial charge on any atom is -0.480 e.